The molecule has 1 aliphatic heterocycles. The van der Waals surface area contributed by atoms with Gasteiger partial charge in [-0.2, -0.15) is 13.2 Å². The Morgan fingerprint density at radius 1 is 1.13 bits per heavy atom. The Morgan fingerprint density at radius 3 is 2.50 bits per heavy atom. The fourth-order valence-electron chi connectivity index (χ4n) is 2.90. The molecule has 160 valence electrons. The predicted octanol–water partition coefficient (Wildman–Crippen LogP) is 2.83. The molecule has 1 aliphatic rings. The molecule has 2 N–H and O–H groups in total. The Balaban J connectivity index is 1.34. The van der Waals surface area contributed by atoms with Gasteiger partial charge in [-0.15, -0.1) is 0 Å². The fraction of sp³-hybridized carbons (Fsp3) is 0.350. The lowest BCUT2D eigenvalue weighted by molar-refractivity contribution is -0.137. The number of carbonyl (C=O) groups is 2. The molecular weight excluding hydrogens is 401 g/mol. The topological polar surface area (TPSA) is 83.6 Å². The third-order valence-corrected chi connectivity index (χ3v) is 4.44. The zero-order chi connectivity index (χ0) is 21.6. The molecular formula is C20H21F3N4O3. The Labute approximate surface area is 171 Å². The first-order chi connectivity index (χ1) is 14.3. The highest BCUT2D eigenvalue weighted by molar-refractivity contribution is 5.95. The van der Waals surface area contributed by atoms with Crippen LogP contribution < -0.4 is 20.3 Å². The lowest BCUT2D eigenvalue weighted by Crippen LogP contribution is -2.32. The molecule has 0 radical (unpaired) electrons. The normalized spacial score (nSPS) is 14.0. The molecule has 10 heteroatoms. The summed E-state index contributed by atoms with van der Waals surface area (Å²) in [5.41, 5.74) is -0.0178. The minimum atomic E-state index is -4.43. The van der Waals surface area contributed by atoms with Crippen molar-refractivity contribution in [2.45, 2.75) is 19.0 Å². The Hall–Kier alpha value is -3.30. The SMILES string of the molecule is O=C(COc1ccc(N2CCCC2=O)cc1)NCCNc1ccc(C(F)(F)F)cn1. The van der Waals surface area contributed by atoms with E-state index in [2.05, 4.69) is 15.6 Å². The molecule has 0 aliphatic carbocycles. The van der Waals surface area contributed by atoms with Crippen LogP contribution in [0.15, 0.2) is 42.6 Å². The minimum absolute atomic E-state index is 0.100. The summed E-state index contributed by atoms with van der Waals surface area (Å²) >= 11 is 0. The number of nitrogens with one attached hydrogen (secondary N) is 2. The third-order valence-electron chi connectivity index (χ3n) is 4.44. The lowest BCUT2D eigenvalue weighted by atomic mass is 10.3. The van der Waals surface area contributed by atoms with E-state index in [0.717, 1.165) is 24.4 Å². The number of hydrogen-bond acceptors (Lipinski definition) is 5. The highest BCUT2D eigenvalue weighted by Gasteiger charge is 2.30. The van der Waals surface area contributed by atoms with Gasteiger partial charge in [-0.3, -0.25) is 9.59 Å². The second kappa shape index (κ2) is 9.47. The molecule has 30 heavy (non-hydrogen) atoms. The van der Waals surface area contributed by atoms with Gasteiger partial charge in [-0.25, -0.2) is 4.98 Å². The van der Waals surface area contributed by atoms with Crippen LogP contribution in [-0.4, -0.2) is 43.0 Å². The van der Waals surface area contributed by atoms with Gasteiger partial charge in [0, 0.05) is 37.9 Å². The van der Waals surface area contributed by atoms with Crippen molar-refractivity contribution in [3.63, 3.8) is 0 Å². The van der Waals surface area contributed by atoms with Gasteiger partial charge in [-0.05, 0) is 42.8 Å². The Morgan fingerprint density at radius 2 is 1.90 bits per heavy atom. The van der Waals surface area contributed by atoms with Gasteiger partial charge in [-0.1, -0.05) is 0 Å². The van der Waals surface area contributed by atoms with Crippen LogP contribution in [-0.2, 0) is 15.8 Å². The molecule has 1 aromatic carbocycles. The fourth-order valence-corrected chi connectivity index (χ4v) is 2.90. The molecule has 1 aromatic heterocycles. The number of alkyl halides is 3. The number of hydrogen-bond donors (Lipinski definition) is 2. The van der Waals surface area contributed by atoms with Crippen molar-refractivity contribution in [1.29, 1.82) is 0 Å². The van der Waals surface area contributed by atoms with Gasteiger partial charge in [0.2, 0.25) is 5.91 Å². The van der Waals surface area contributed by atoms with Gasteiger partial charge in [0.25, 0.3) is 5.91 Å². The van der Waals surface area contributed by atoms with Gasteiger partial charge >= 0.3 is 6.18 Å². The lowest BCUT2D eigenvalue weighted by Gasteiger charge is -2.16. The van der Waals surface area contributed by atoms with Crippen molar-refractivity contribution in [3.8, 4) is 5.75 Å². The van der Waals surface area contributed by atoms with E-state index in [4.69, 9.17) is 4.74 Å². The van der Waals surface area contributed by atoms with Crippen LogP contribution in [0.1, 0.15) is 18.4 Å². The number of amides is 2. The maximum absolute atomic E-state index is 12.5. The monoisotopic (exact) mass is 422 g/mol. The van der Waals surface area contributed by atoms with Crippen molar-refractivity contribution < 1.29 is 27.5 Å². The van der Waals surface area contributed by atoms with Gasteiger partial charge < -0.3 is 20.3 Å². The average Bonchev–Trinajstić information content (AvgIpc) is 3.15. The van der Waals surface area contributed by atoms with Gasteiger partial charge in [0.05, 0.1) is 5.56 Å². The zero-order valence-corrected chi connectivity index (χ0v) is 16.0. The number of carbonyl (C=O) groups excluding carboxylic acids is 2. The second-order valence-corrected chi connectivity index (χ2v) is 6.64. The summed E-state index contributed by atoms with van der Waals surface area (Å²) in [7, 11) is 0. The standard InChI is InChI=1S/C20H21F3N4O3/c21-20(22,23)14-3-8-17(26-12-14)24-9-10-25-18(28)13-30-16-6-4-15(5-7-16)27-11-1-2-19(27)29/h3-8,12H,1-2,9-11,13H2,(H,24,26)(H,25,28). The summed E-state index contributed by atoms with van der Waals surface area (Å²) in [6.45, 7) is 1.07. The van der Waals surface area contributed by atoms with Crippen molar-refractivity contribution in [2.75, 3.05) is 36.5 Å². The number of ether oxygens (including phenoxy) is 1. The first-order valence-corrected chi connectivity index (χ1v) is 9.40. The van der Waals surface area contributed by atoms with E-state index in [1.165, 1.54) is 6.07 Å². The summed E-state index contributed by atoms with van der Waals surface area (Å²) in [5, 5.41) is 5.46. The molecule has 1 fully saturated rings. The number of nitrogens with zero attached hydrogens (tertiary/aromatic N) is 2. The summed E-state index contributed by atoms with van der Waals surface area (Å²) in [6.07, 6.45) is -2.27. The first-order valence-electron chi connectivity index (χ1n) is 9.40. The zero-order valence-electron chi connectivity index (χ0n) is 16.0. The Kier molecular flexibility index (Phi) is 6.76. The molecule has 0 saturated carbocycles. The number of halogens is 3. The quantitative estimate of drug-likeness (QED) is 0.640. The van der Waals surface area contributed by atoms with E-state index in [1.807, 2.05) is 0 Å². The number of anilines is 2. The summed E-state index contributed by atoms with van der Waals surface area (Å²) in [6, 6.07) is 9.12. The summed E-state index contributed by atoms with van der Waals surface area (Å²) < 4.78 is 42.9. The smallest absolute Gasteiger partial charge is 0.417 e. The minimum Gasteiger partial charge on any atom is -0.484 e. The predicted molar refractivity (Wildman–Crippen MR) is 104 cm³/mol. The van der Waals surface area contributed by atoms with E-state index >= 15 is 0 Å². The number of benzene rings is 1. The van der Waals surface area contributed by atoms with Crippen LogP contribution in [0.2, 0.25) is 0 Å². The van der Waals surface area contributed by atoms with Crippen LogP contribution in [0, 0.1) is 0 Å². The van der Waals surface area contributed by atoms with Crippen molar-refractivity contribution >= 4 is 23.3 Å². The second-order valence-electron chi connectivity index (χ2n) is 6.64. The van der Waals surface area contributed by atoms with E-state index in [1.54, 1.807) is 29.2 Å². The third kappa shape index (κ3) is 5.85. The first kappa shape index (κ1) is 21.4. The molecule has 0 unspecified atom stereocenters. The van der Waals surface area contributed by atoms with E-state index in [9.17, 15) is 22.8 Å². The number of aromatic nitrogens is 1. The maximum Gasteiger partial charge on any atom is 0.417 e. The molecule has 2 amide bonds. The Bertz CT molecular complexity index is 870. The molecule has 0 spiro atoms. The number of pyridine rings is 1. The van der Waals surface area contributed by atoms with Crippen molar-refractivity contribution in [1.82, 2.24) is 10.3 Å². The van der Waals surface area contributed by atoms with E-state index < -0.39 is 11.7 Å². The van der Waals surface area contributed by atoms with Gasteiger partial charge in [0.1, 0.15) is 11.6 Å². The maximum atomic E-state index is 12.5. The molecule has 1 saturated heterocycles. The molecule has 3 rings (SSSR count). The highest BCUT2D eigenvalue weighted by atomic mass is 19.4. The molecule has 0 atom stereocenters. The van der Waals surface area contributed by atoms with Crippen LogP contribution in [0.5, 0.6) is 5.75 Å². The molecule has 7 nitrogen and oxygen atoms in total. The average molecular weight is 422 g/mol. The van der Waals surface area contributed by atoms with Crippen molar-refractivity contribution in [3.05, 3.63) is 48.2 Å². The molecule has 2 aromatic rings. The number of rotatable bonds is 8. The van der Waals surface area contributed by atoms with Crippen molar-refractivity contribution in [2.24, 2.45) is 0 Å². The van der Waals surface area contributed by atoms with E-state index in [0.29, 0.717) is 25.3 Å². The van der Waals surface area contributed by atoms with Gasteiger partial charge in [0.15, 0.2) is 6.61 Å². The van der Waals surface area contributed by atoms with E-state index in [-0.39, 0.29) is 30.8 Å². The van der Waals surface area contributed by atoms with Crippen LogP contribution >= 0.6 is 0 Å². The highest BCUT2D eigenvalue weighted by Crippen LogP contribution is 2.28. The molecule has 2 heterocycles. The van der Waals surface area contributed by atoms with Crippen LogP contribution in [0.3, 0.4) is 0 Å². The summed E-state index contributed by atoms with van der Waals surface area (Å²) in [4.78, 5) is 29.0. The van der Waals surface area contributed by atoms with Crippen LogP contribution in [0.25, 0.3) is 0 Å². The van der Waals surface area contributed by atoms with Crippen LogP contribution in [0.4, 0.5) is 24.7 Å². The largest absolute Gasteiger partial charge is 0.484 e. The summed E-state index contributed by atoms with van der Waals surface area (Å²) in [5.74, 6) is 0.553. The molecule has 0 bridgehead atoms.